The number of allylic oxidation sites excluding steroid dienone is 2. The van der Waals surface area contributed by atoms with Gasteiger partial charge in [0.05, 0.1) is 0 Å². The van der Waals surface area contributed by atoms with Gasteiger partial charge in [-0.15, -0.1) is 0 Å². The highest BCUT2D eigenvalue weighted by molar-refractivity contribution is 5.88. The Kier molecular flexibility index (Phi) is 2.12. The Morgan fingerprint density at radius 3 is 2.57 bits per heavy atom. The van der Waals surface area contributed by atoms with Crippen LogP contribution >= 0.6 is 0 Å². The summed E-state index contributed by atoms with van der Waals surface area (Å²) in [5.74, 6) is 0. The van der Waals surface area contributed by atoms with Crippen LogP contribution in [0.3, 0.4) is 0 Å². The van der Waals surface area contributed by atoms with Gasteiger partial charge in [-0.3, -0.25) is 0 Å². The van der Waals surface area contributed by atoms with Crippen LogP contribution in [-0.4, -0.2) is 5.16 Å². The third-order valence-electron chi connectivity index (χ3n) is 2.48. The summed E-state index contributed by atoms with van der Waals surface area (Å²) in [4.78, 5) is 0. The van der Waals surface area contributed by atoms with Gasteiger partial charge in [0, 0.05) is 5.39 Å². The Morgan fingerprint density at radius 2 is 1.86 bits per heavy atom. The molecule has 0 bridgehead atoms. The summed E-state index contributed by atoms with van der Waals surface area (Å²) in [5.41, 5.74) is 4.27. The van der Waals surface area contributed by atoms with Gasteiger partial charge in [-0.25, -0.2) is 0 Å². The average Bonchev–Trinajstić information content (AvgIpc) is 2.60. The van der Waals surface area contributed by atoms with Crippen molar-refractivity contribution in [3.8, 4) is 0 Å². The number of fused-ring (bicyclic) bond motifs is 1. The van der Waals surface area contributed by atoms with E-state index in [2.05, 4.69) is 25.9 Å². The number of para-hydroxylation sites is 1. The van der Waals surface area contributed by atoms with Gasteiger partial charge in [-0.1, -0.05) is 22.9 Å². The molecule has 0 spiro atoms. The van der Waals surface area contributed by atoms with Gasteiger partial charge in [0.15, 0.2) is 5.58 Å². The molecule has 1 aromatic heterocycles. The third-order valence-corrected chi connectivity index (χ3v) is 2.48. The average molecular weight is 187 g/mol. The van der Waals surface area contributed by atoms with E-state index in [1.54, 1.807) is 0 Å². The van der Waals surface area contributed by atoms with Crippen LogP contribution in [0.25, 0.3) is 16.5 Å². The highest BCUT2D eigenvalue weighted by Gasteiger charge is 2.09. The van der Waals surface area contributed by atoms with Crippen molar-refractivity contribution in [3.63, 3.8) is 0 Å². The Hall–Kier alpha value is -1.57. The maximum atomic E-state index is 5.24. The van der Waals surface area contributed by atoms with E-state index in [0.717, 1.165) is 16.7 Å². The summed E-state index contributed by atoms with van der Waals surface area (Å²) >= 11 is 0. The summed E-state index contributed by atoms with van der Waals surface area (Å²) in [6, 6.07) is 7.92. The molecule has 0 atom stereocenters. The van der Waals surface area contributed by atoms with Crippen LogP contribution in [-0.2, 0) is 0 Å². The Bertz CT molecular complexity index is 490. The fraction of sp³-hybridized carbons (Fsp3) is 0.250. The fourth-order valence-electron chi connectivity index (χ4n) is 1.39. The zero-order valence-corrected chi connectivity index (χ0v) is 8.66. The van der Waals surface area contributed by atoms with Gasteiger partial charge >= 0.3 is 0 Å². The smallest absolute Gasteiger partial charge is 0.167 e. The lowest BCUT2D eigenvalue weighted by Crippen LogP contribution is -1.82. The topological polar surface area (TPSA) is 26.0 Å². The SMILES string of the molecule is CC(C)=C(C)c1noc2ccccc12. The van der Waals surface area contributed by atoms with Crippen molar-refractivity contribution >= 4 is 16.5 Å². The monoisotopic (exact) mass is 187 g/mol. The molecule has 0 amide bonds. The first-order chi connectivity index (χ1) is 6.70. The first-order valence-electron chi connectivity index (χ1n) is 4.69. The van der Waals surface area contributed by atoms with Crippen molar-refractivity contribution < 1.29 is 4.52 Å². The second-order valence-corrected chi connectivity index (χ2v) is 3.65. The summed E-state index contributed by atoms with van der Waals surface area (Å²) in [7, 11) is 0. The number of rotatable bonds is 1. The minimum Gasteiger partial charge on any atom is -0.356 e. The number of hydrogen-bond donors (Lipinski definition) is 0. The first-order valence-corrected chi connectivity index (χ1v) is 4.69. The fourth-order valence-corrected chi connectivity index (χ4v) is 1.39. The summed E-state index contributed by atoms with van der Waals surface area (Å²) in [5, 5.41) is 5.17. The van der Waals surface area contributed by atoms with Crippen molar-refractivity contribution in [1.82, 2.24) is 5.16 Å². The predicted octanol–water partition coefficient (Wildman–Crippen LogP) is 3.64. The molecule has 0 unspecified atom stereocenters. The molecule has 0 aliphatic heterocycles. The van der Waals surface area contributed by atoms with Crippen molar-refractivity contribution in [2.75, 3.05) is 0 Å². The Labute approximate surface area is 83.2 Å². The van der Waals surface area contributed by atoms with Gasteiger partial charge in [0.1, 0.15) is 5.69 Å². The molecule has 0 radical (unpaired) electrons. The van der Waals surface area contributed by atoms with Crippen LogP contribution in [0.5, 0.6) is 0 Å². The zero-order valence-electron chi connectivity index (χ0n) is 8.66. The molecule has 0 aliphatic rings. The largest absolute Gasteiger partial charge is 0.356 e. The van der Waals surface area contributed by atoms with Crippen LogP contribution < -0.4 is 0 Å². The molecule has 2 heteroatoms. The van der Waals surface area contributed by atoms with E-state index >= 15 is 0 Å². The molecule has 2 rings (SSSR count). The van der Waals surface area contributed by atoms with Gasteiger partial charge in [0.25, 0.3) is 0 Å². The molecular weight excluding hydrogens is 174 g/mol. The minimum atomic E-state index is 0.850. The van der Waals surface area contributed by atoms with Gasteiger partial charge < -0.3 is 4.52 Å². The molecule has 1 heterocycles. The lowest BCUT2D eigenvalue weighted by Gasteiger charge is -1.98. The van der Waals surface area contributed by atoms with Crippen LogP contribution in [0.4, 0.5) is 0 Å². The summed E-state index contributed by atoms with van der Waals surface area (Å²) < 4.78 is 5.24. The maximum absolute atomic E-state index is 5.24. The zero-order chi connectivity index (χ0) is 10.1. The number of hydrogen-bond acceptors (Lipinski definition) is 2. The van der Waals surface area contributed by atoms with E-state index in [1.807, 2.05) is 24.3 Å². The molecular formula is C12H13NO. The quantitative estimate of drug-likeness (QED) is 0.681. The van der Waals surface area contributed by atoms with Crippen molar-refractivity contribution in [2.45, 2.75) is 20.8 Å². The third kappa shape index (κ3) is 1.33. The lowest BCUT2D eigenvalue weighted by atomic mass is 10.1. The molecule has 14 heavy (non-hydrogen) atoms. The van der Waals surface area contributed by atoms with Crippen LogP contribution in [0.1, 0.15) is 26.5 Å². The van der Waals surface area contributed by atoms with E-state index in [-0.39, 0.29) is 0 Å². The van der Waals surface area contributed by atoms with E-state index < -0.39 is 0 Å². The maximum Gasteiger partial charge on any atom is 0.167 e. The number of benzene rings is 1. The Balaban J connectivity index is 2.71. The van der Waals surface area contributed by atoms with Crippen LogP contribution in [0.15, 0.2) is 34.4 Å². The highest BCUT2D eigenvalue weighted by atomic mass is 16.5. The van der Waals surface area contributed by atoms with Crippen LogP contribution in [0, 0.1) is 0 Å². The van der Waals surface area contributed by atoms with Gasteiger partial charge in [0.2, 0.25) is 0 Å². The molecule has 2 nitrogen and oxygen atoms in total. The highest BCUT2D eigenvalue weighted by Crippen LogP contribution is 2.25. The molecule has 0 N–H and O–H groups in total. The van der Waals surface area contributed by atoms with Gasteiger partial charge in [-0.2, -0.15) is 0 Å². The molecule has 72 valence electrons. The van der Waals surface area contributed by atoms with Crippen LogP contribution in [0.2, 0.25) is 0 Å². The normalized spacial score (nSPS) is 10.5. The second kappa shape index (κ2) is 3.29. The second-order valence-electron chi connectivity index (χ2n) is 3.65. The molecule has 0 fully saturated rings. The molecule has 0 saturated carbocycles. The number of aromatic nitrogens is 1. The van der Waals surface area contributed by atoms with Crippen molar-refractivity contribution in [3.05, 3.63) is 35.5 Å². The van der Waals surface area contributed by atoms with E-state index in [9.17, 15) is 0 Å². The van der Waals surface area contributed by atoms with Crippen molar-refractivity contribution in [1.29, 1.82) is 0 Å². The number of nitrogens with zero attached hydrogens (tertiary/aromatic N) is 1. The predicted molar refractivity (Wildman–Crippen MR) is 58.0 cm³/mol. The lowest BCUT2D eigenvalue weighted by molar-refractivity contribution is 0.454. The first kappa shape index (κ1) is 9.00. The van der Waals surface area contributed by atoms with E-state index in [1.165, 1.54) is 11.1 Å². The van der Waals surface area contributed by atoms with E-state index in [4.69, 9.17) is 4.52 Å². The minimum absolute atomic E-state index is 0.850. The van der Waals surface area contributed by atoms with Crippen molar-refractivity contribution in [2.24, 2.45) is 0 Å². The van der Waals surface area contributed by atoms with Gasteiger partial charge in [-0.05, 0) is 38.5 Å². The molecule has 1 aromatic carbocycles. The van der Waals surface area contributed by atoms with E-state index in [0.29, 0.717) is 0 Å². The summed E-state index contributed by atoms with van der Waals surface area (Å²) in [6.45, 7) is 6.23. The molecule has 2 aromatic rings. The molecule has 0 saturated heterocycles. The molecule has 0 aliphatic carbocycles. The summed E-state index contributed by atoms with van der Waals surface area (Å²) in [6.07, 6.45) is 0. The Morgan fingerprint density at radius 1 is 1.14 bits per heavy atom. The standard InChI is InChI=1S/C12H13NO/c1-8(2)9(3)12-10-6-4-5-7-11(10)14-13-12/h4-7H,1-3H3.